The first-order valence-electron chi connectivity index (χ1n) is 7.38. The molecule has 1 N–H and O–H groups in total. The molecule has 0 bridgehead atoms. The van der Waals surface area contributed by atoms with E-state index in [4.69, 9.17) is 4.42 Å². The first kappa shape index (κ1) is 16.3. The molecule has 0 atom stereocenters. The number of hydrogen-bond acceptors (Lipinski definition) is 7. The van der Waals surface area contributed by atoms with Gasteiger partial charge in [-0.25, -0.2) is 0 Å². The zero-order valence-corrected chi connectivity index (χ0v) is 13.2. The third-order valence-electron chi connectivity index (χ3n) is 3.32. The Kier molecular flexibility index (Phi) is 4.50. The molecule has 3 aromatic rings. The molecule has 1 aromatic carbocycles. The monoisotopic (exact) mass is 342 g/mol. The number of nitrogens with one attached hydrogen (secondary N) is 1. The highest BCUT2D eigenvalue weighted by Gasteiger charge is 2.11. The van der Waals surface area contributed by atoms with Gasteiger partial charge in [0.25, 0.3) is 0 Å². The van der Waals surface area contributed by atoms with Crippen LogP contribution in [-0.2, 0) is 11.3 Å². The molecular formula is C15H14N6O4. The van der Waals surface area contributed by atoms with Gasteiger partial charge in [0.1, 0.15) is 12.4 Å². The van der Waals surface area contributed by atoms with E-state index in [-0.39, 0.29) is 24.6 Å². The lowest BCUT2D eigenvalue weighted by atomic mass is 10.2. The lowest BCUT2D eigenvalue weighted by Gasteiger charge is -2.06. The summed E-state index contributed by atoms with van der Waals surface area (Å²) in [5.41, 5.74) is 1.17. The quantitative estimate of drug-likeness (QED) is 0.537. The largest absolute Gasteiger partial charge is 0.421 e. The zero-order chi connectivity index (χ0) is 17.8. The number of rotatable bonds is 6. The minimum Gasteiger partial charge on any atom is -0.421 e. The zero-order valence-electron chi connectivity index (χ0n) is 13.2. The minimum absolute atomic E-state index is 0.108. The number of benzene rings is 1. The number of amides is 1. The molecule has 1 amide bonds. The van der Waals surface area contributed by atoms with E-state index in [1.165, 1.54) is 10.9 Å². The van der Waals surface area contributed by atoms with Crippen molar-refractivity contribution in [2.75, 3.05) is 5.32 Å². The van der Waals surface area contributed by atoms with Crippen molar-refractivity contribution >= 4 is 17.3 Å². The maximum Gasteiger partial charge on any atom is 0.306 e. The Morgan fingerprint density at radius 2 is 2.24 bits per heavy atom. The van der Waals surface area contributed by atoms with E-state index < -0.39 is 4.92 Å². The Morgan fingerprint density at radius 3 is 2.92 bits per heavy atom. The van der Waals surface area contributed by atoms with Crippen LogP contribution in [0.4, 0.5) is 11.4 Å². The molecule has 0 radical (unpaired) electrons. The number of aromatic nitrogens is 4. The molecule has 2 heterocycles. The summed E-state index contributed by atoms with van der Waals surface area (Å²) in [6, 6.07) is 7.03. The second-order valence-corrected chi connectivity index (χ2v) is 5.22. The third-order valence-corrected chi connectivity index (χ3v) is 3.32. The molecule has 10 nitrogen and oxygen atoms in total. The molecule has 0 aliphatic carbocycles. The molecule has 10 heteroatoms. The van der Waals surface area contributed by atoms with Crippen LogP contribution in [0, 0.1) is 17.0 Å². The highest BCUT2D eigenvalue weighted by molar-refractivity contribution is 5.91. The number of nitrogens with zero attached hydrogens (tertiary/aromatic N) is 5. The van der Waals surface area contributed by atoms with Gasteiger partial charge in [0.2, 0.25) is 17.7 Å². The summed E-state index contributed by atoms with van der Waals surface area (Å²) in [6.07, 6.45) is 2.56. The fourth-order valence-corrected chi connectivity index (χ4v) is 2.15. The van der Waals surface area contributed by atoms with E-state index in [1.54, 1.807) is 31.2 Å². The summed E-state index contributed by atoms with van der Waals surface area (Å²) in [7, 11) is 0. The molecule has 0 saturated heterocycles. The van der Waals surface area contributed by atoms with Crippen LogP contribution in [0.5, 0.6) is 0 Å². The van der Waals surface area contributed by atoms with Gasteiger partial charge in [-0.05, 0) is 18.2 Å². The summed E-state index contributed by atoms with van der Waals surface area (Å²) in [5, 5.41) is 24.9. The summed E-state index contributed by atoms with van der Waals surface area (Å²) < 4.78 is 6.71. The summed E-state index contributed by atoms with van der Waals surface area (Å²) in [5.74, 6) is 0.590. The van der Waals surface area contributed by atoms with Crippen molar-refractivity contribution in [2.45, 2.75) is 19.9 Å². The van der Waals surface area contributed by atoms with Crippen LogP contribution in [0.2, 0.25) is 0 Å². The number of carbonyl (C=O) groups is 1. The number of nitro groups is 1. The Hall–Kier alpha value is -3.56. The maximum absolute atomic E-state index is 12.0. The van der Waals surface area contributed by atoms with Gasteiger partial charge >= 0.3 is 5.69 Å². The van der Waals surface area contributed by atoms with Crippen molar-refractivity contribution in [3.63, 3.8) is 0 Å². The van der Waals surface area contributed by atoms with E-state index in [9.17, 15) is 14.9 Å². The van der Waals surface area contributed by atoms with Crippen molar-refractivity contribution in [3.8, 4) is 11.5 Å². The predicted octanol–water partition coefficient (Wildman–Crippen LogP) is 2.18. The predicted molar refractivity (Wildman–Crippen MR) is 86.6 cm³/mol. The molecule has 0 aliphatic heterocycles. The third kappa shape index (κ3) is 4.05. The van der Waals surface area contributed by atoms with Crippen LogP contribution < -0.4 is 5.32 Å². The molecule has 0 spiro atoms. The van der Waals surface area contributed by atoms with Crippen molar-refractivity contribution < 1.29 is 14.1 Å². The summed E-state index contributed by atoms with van der Waals surface area (Å²) in [6.45, 7) is 1.93. The number of hydrogen-bond donors (Lipinski definition) is 1. The fourth-order valence-electron chi connectivity index (χ4n) is 2.15. The van der Waals surface area contributed by atoms with E-state index >= 15 is 0 Å². The highest BCUT2D eigenvalue weighted by Crippen LogP contribution is 2.21. The molecule has 0 fully saturated rings. The number of anilines is 1. The van der Waals surface area contributed by atoms with E-state index in [0.29, 0.717) is 23.0 Å². The van der Waals surface area contributed by atoms with Crippen LogP contribution in [0.3, 0.4) is 0 Å². The van der Waals surface area contributed by atoms with Crippen molar-refractivity contribution in [1.29, 1.82) is 0 Å². The molecule has 0 aliphatic rings. The van der Waals surface area contributed by atoms with Gasteiger partial charge in [-0.2, -0.15) is 5.10 Å². The molecule has 25 heavy (non-hydrogen) atoms. The Morgan fingerprint density at radius 1 is 1.40 bits per heavy atom. The Bertz CT molecular complexity index is 916. The van der Waals surface area contributed by atoms with Crippen LogP contribution in [-0.4, -0.2) is 30.8 Å². The average Bonchev–Trinajstić information content (AvgIpc) is 3.22. The summed E-state index contributed by atoms with van der Waals surface area (Å²) >= 11 is 0. The topological polar surface area (TPSA) is 129 Å². The van der Waals surface area contributed by atoms with Gasteiger partial charge in [-0.1, -0.05) is 6.07 Å². The lowest BCUT2D eigenvalue weighted by molar-refractivity contribution is -0.385. The van der Waals surface area contributed by atoms with Gasteiger partial charge in [-0.3, -0.25) is 19.6 Å². The molecule has 128 valence electrons. The molecule has 2 aromatic heterocycles. The first-order valence-corrected chi connectivity index (χ1v) is 7.38. The average molecular weight is 342 g/mol. The number of carbonyl (C=O) groups excluding carboxylic acids is 1. The van der Waals surface area contributed by atoms with E-state index in [0.717, 1.165) is 6.20 Å². The molecule has 0 unspecified atom stereocenters. The second-order valence-electron chi connectivity index (χ2n) is 5.22. The van der Waals surface area contributed by atoms with E-state index in [2.05, 4.69) is 20.6 Å². The Labute approximate surface area is 141 Å². The van der Waals surface area contributed by atoms with Gasteiger partial charge in [0.15, 0.2) is 0 Å². The minimum atomic E-state index is -0.533. The van der Waals surface area contributed by atoms with Crippen molar-refractivity contribution in [2.24, 2.45) is 0 Å². The summed E-state index contributed by atoms with van der Waals surface area (Å²) in [4.78, 5) is 22.1. The van der Waals surface area contributed by atoms with Crippen molar-refractivity contribution in [3.05, 3.63) is 52.7 Å². The van der Waals surface area contributed by atoms with Crippen LogP contribution in [0.25, 0.3) is 11.5 Å². The fraction of sp³-hybridized carbons (Fsp3) is 0.200. The van der Waals surface area contributed by atoms with Gasteiger partial charge in [0, 0.05) is 31.1 Å². The van der Waals surface area contributed by atoms with E-state index in [1.807, 2.05) is 0 Å². The first-order chi connectivity index (χ1) is 12.0. The lowest BCUT2D eigenvalue weighted by Crippen LogP contribution is -2.14. The van der Waals surface area contributed by atoms with Crippen LogP contribution in [0.15, 0.2) is 41.1 Å². The Balaban J connectivity index is 1.60. The highest BCUT2D eigenvalue weighted by atomic mass is 16.6. The SMILES string of the molecule is Cc1nnc(-c2cccc(NC(=O)CCn3cc([N+](=O)[O-])cn3)c2)o1. The standard InChI is InChI=1S/C15H14N6O4/c1-10-18-19-15(25-10)11-3-2-4-12(7-11)17-14(22)5-6-20-9-13(8-16-20)21(23)24/h2-4,7-9H,5-6H2,1H3,(H,17,22). The normalized spacial score (nSPS) is 10.6. The van der Waals surface area contributed by atoms with Gasteiger partial charge in [0.05, 0.1) is 4.92 Å². The van der Waals surface area contributed by atoms with Gasteiger partial charge in [-0.15, -0.1) is 10.2 Å². The smallest absolute Gasteiger partial charge is 0.306 e. The van der Waals surface area contributed by atoms with Gasteiger partial charge < -0.3 is 9.73 Å². The van der Waals surface area contributed by atoms with Crippen LogP contribution >= 0.6 is 0 Å². The van der Waals surface area contributed by atoms with Crippen LogP contribution in [0.1, 0.15) is 12.3 Å². The second kappa shape index (κ2) is 6.91. The van der Waals surface area contributed by atoms with Crippen molar-refractivity contribution in [1.82, 2.24) is 20.0 Å². The molecule has 0 saturated carbocycles. The number of aryl methyl sites for hydroxylation is 2. The maximum atomic E-state index is 12.0. The molecular weight excluding hydrogens is 328 g/mol. The molecule has 3 rings (SSSR count).